The molecule has 1 aromatic carbocycles. The molecular formula is C26H29ClF2N6. The minimum Gasteiger partial charge on any atom is -0.356 e. The Balaban J connectivity index is 1.29. The molecule has 1 saturated heterocycles. The maximum absolute atomic E-state index is 14.7. The number of aryl methyl sites for hydroxylation is 1. The molecule has 0 spiro atoms. The highest BCUT2D eigenvalue weighted by Crippen LogP contribution is 2.44. The molecule has 184 valence electrons. The number of alkyl halides is 2. The molecule has 3 aromatic rings. The van der Waals surface area contributed by atoms with Gasteiger partial charge in [0.15, 0.2) is 5.82 Å². The summed E-state index contributed by atoms with van der Waals surface area (Å²) in [6.45, 7) is 4.35. The van der Waals surface area contributed by atoms with Gasteiger partial charge in [0.1, 0.15) is 11.6 Å². The van der Waals surface area contributed by atoms with Crippen molar-refractivity contribution in [2.24, 2.45) is 5.92 Å². The molecule has 0 radical (unpaired) electrons. The second-order valence-electron chi connectivity index (χ2n) is 10.2. The van der Waals surface area contributed by atoms with Crippen molar-refractivity contribution >= 4 is 17.4 Å². The molecule has 0 atom stereocenters. The van der Waals surface area contributed by atoms with Gasteiger partial charge in [0.2, 0.25) is 0 Å². The fourth-order valence-corrected chi connectivity index (χ4v) is 5.75. The van der Waals surface area contributed by atoms with E-state index >= 15 is 0 Å². The Morgan fingerprint density at radius 2 is 1.86 bits per heavy atom. The second kappa shape index (κ2) is 8.82. The average Bonchev–Trinajstić information content (AvgIpc) is 3.64. The molecule has 0 amide bonds. The molecule has 6 rings (SSSR count). The van der Waals surface area contributed by atoms with Gasteiger partial charge in [-0.05, 0) is 68.0 Å². The SMILES string of the molecule is Cc1cccnc1N1CCC(c2nnc3n2-c2ccc(Cl)cc2CN(CC(F)(F)C2CC2)C3)CC1. The zero-order chi connectivity index (χ0) is 24.2. The monoisotopic (exact) mass is 498 g/mol. The van der Waals surface area contributed by atoms with Gasteiger partial charge in [-0.1, -0.05) is 17.7 Å². The lowest BCUT2D eigenvalue weighted by molar-refractivity contribution is -0.0558. The smallest absolute Gasteiger partial charge is 0.263 e. The summed E-state index contributed by atoms with van der Waals surface area (Å²) < 4.78 is 31.6. The quantitative estimate of drug-likeness (QED) is 0.473. The minimum absolute atomic E-state index is 0.236. The fourth-order valence-electron chi connectivity index (χ4n) is 5.56. The number of halogens is 3. The molecule has 0 N–H and O–H groups in total. The van der Waals surface area contributed by atoms with Crippen molar-refractivity contribution in [1.29, 1.82) is 0 Å². The van der Waals surface area contributed by atoms with Crippen LogP contribution < -0.4 is 4.90 Å². The van der Waals surface area contributed by atoms with Crippen LogP contribution in [0.25, 0.3) is 5.69 Å². The average molecular weight is 499 g/mol. The summed E-state index contributed by atoms with van der Waals surface area (Å²) in [5.74, 6) is -0.274. The van der Waals surface area contributed by atoms with Crippen LogP contribution in [0.3, 0.4) is 0 Å². The van der Waals surface area contributed by atoms with Gasteiger partial charge >= 0.3 is 0 Å². The van der Waals surface area contributed by atoms with Gasteiger partial charge in [0.05, 0.1) is 18.8 Å². The van der Waals surface area contributed by atoms with Crippen LogP contribution in [-0.2, 0) is 13.1 Å². The van der Waals surface area contributed by atoms with E-state index in [4.69, 9.17) is 11.6 Å². The van der Waals surface area contributed by atoms with Crippen molar-refractivity contribution in [2.75, 3.05) is 24.5 Å². The summed E-state index contributed by atoms with van der Waals surface area (Å²) in [7, 11) is 0. The molecule has 6 nitrogen and oxygen atoms in total. The standard InChI is InChI=1S/C26H29ClF2N6/c1-17-3-2-10-30-24(17)34-11-8-18(9-12-34)25-32-31-23-15-33(16-26(28,29)20-4-5-20)14-19-13-21(27)6-7-22(19)35(23)25/h2-3,6-7,10,13,18,20H,4-5,8-9,11-12,14-16H2,1H3. The Morgan fingerprint density at radius 1 is 1.06 bits per heavy atom. The number of fused-ring (bicyclic) bond motifs is 3. The predicted octanol–water partition coefficient (Wildman–Crippen LogP) is 5.37. The van der Waals surface area contributed by atoms with Gasteiger partial charge in [0.25, 0.3) is 5.92 Å². The number of aromatic nitrogens is 4. The van der Waals surface area contributed by atoms with Gasteiger partial charge in [0, 0.05) is 42.7 Å². The van der Waals surface area contributed by atoms with E-state index in [1.807, 2.05) is 30.5 Å². The molecule has 35 heavy (non-hydrogen) atoms. The number of pyridine rings is 1. The summed E-state index contributed by atoms with van der Waals surface area (Å²) in [5, 5.41) is 9.73. The normalized spacial score (nSPS) is 19.4. The maximum Gasteiger partial charge on any atom is 0.263 e. The number of anilines is 1. The van der Waals surface area contributed by atoms with Crippen LogP contribution in [-0.4, -0.2) is 50.2 Å². The van der Waals surface area contributed by atoms with Crippen LogP contribution in [0.4, 0.5) is 14.6 Å². The zero-order valence-corrected chi connectivity index (χ0v) is 20.6. The van der Waals surface area contributed by atoms with E-state index in [-0.39, 0.29) is 12.5 Å². The minimum atomic E-state index is -2.69. The Hall–Kier alpha value is -2.58. The molecule has 3 aliphatic rings. The Bertz CT molecular complexity index is 1230. The number of benzene rings is 1. The number of rotatable bonds is 5. The first kappa shape index (κ1) is 22.9. The lowest BCUT2D eigenvalue weighted by Gasteiger charge is -2.33. The van der Waals surface area contributed by atoms with Crippen LogP contribution in [0.1, 0.15) is 54.4 Å². The molecule has 4 heterocycles. The Morgan fingerprint density at radius 3 is 2.60 bits per heavy atom. The summed E-state index contributed by atoms with van der Waals surface area (Å²) in [6, 6.07) is 9.78. The third kappa shape index (κ3) is 4.42. The van der Waals surface area contributed by atoms with Crippen molar-refractivity contribution in [3.05, 3.63) is 64.3 Å². The molecule has 1 aliphatic carbocycles. The van der Waals surface area contributed by atoms with E-state index in [2.05, 4.69) is 37.6 Å². The molecule has 0 bridgehead atoms. The van der Waals surface area contributed by atoms with Crippen LogP contribution in [0, 0.1) is 12.8 Å². The third-order valence-corrected chi connectivity index (χ3v) is 7.78. The van der Waals surface area contributed by atoms with E-state index in [0.29, 0.717) is 31.0 Å². The molecule has 1 saturated carbocycles. The van der Waals surface area contributed by atoms with Crippen molar-refractivity contribution in [1.82, 2.24) is 24.6 Å². The predicted molar refractivity (Wildman–Crippen MR) is 131 cm³/mol. The first-order valence-corrected chi connectivity index (χ1v) is 12.8. The molecule has 2 aromatic heterocycles. The number of hydrogen-bond acceptors (Lipinski definition) is 5. The first-order valence-electron chi connectivity index (χ1n) is 12.4. The number of nitrogens with zero attached hydrogens (tertiary/aromatic N) is 6. The fraction of sp³-hybridized carbons (Fsp3) is 0.500. The summed E-state index contributed by atoms with van der Waals surface area (Å²) in [6.07, 6.45) is 4.93. The maximum atomic E-state index is 14.7. The largest absolute Gasteiger partial charge is 0.356 e. The summed E-state index contributed by atoms with van der Waals surface area (Å²) in [4.78, 5) is 8.72. The van der Waals surface area contributed by atoms with E-state index in [9.17, 15) is 8.78 Å². The van der Waals surface area contributed by atoms with Gasteiger partial charge in [-0.15, -0.1) is 10.2 Å². The highest BCUT2D eigenvalue weighted by atomic mass is 35.5. The van der Waals surface area contributed by atoms with Crippen molar-refractivity contribution in [3.8, 4) is 5.69 Å². The van der Waals surface area contributed by atoms with Gasteiger partial charge in [-0.2, -0.15) is 0 Å². The summed E-state index contributed by atoms with van der Waals surface area (Å²) in [5.41, 5.74) is 3.06. The van der Waals surface area contributed by atoms with Gasteiger partial charge in [-0.25, -0.2) is 13.8 Å². The number of hydrogen-bond donors (Lipinski definition) is 0. The first-order chi connectivity index (χ1) is 16.9. The molecular weight excluding hydrogens is 470 g/mol. The van der Waals surface area contributed by atoms with Crippen LogP contribution in [0.15, 0.2) is 36.5 Å². The molecule has 9 heteroatoms. The zero-order valence-electron chi connectivity index (χ0n) is 19.8. The van der Waals surface area contributed by atoms with Crippen molar-refractivity contribution in [2.45, 2.75) is 57.5 Å². The molecule has 0 unspecified atom stereocenters. The molecule has 2 fully saturated rings. The second-order valence-corrected chi connectivity index (χ2v) is 10.6. The highest BCUT2D eigenvalue weighted by Gasteiger charge is 2.48. The van der Waals surface area contributed by atoms with Crippen LogP contribution in [0.2, 0.25) is 5.02 Å². The highest BCUT2D eigenvalue weighted by molar-refractivity contribution is 6.30. The lowest BCUT2D eigenvalue weighted by Crippen LogP contribution is -2.37. The number of piperidine rings is 1. The molecule has 2 aliphatic heterocycles. The Labute approximate surface area is 208 Å². The van der Waals surface area contributed by atoms with Crippen molar-refractivity contribution in [3.63, 3.8) is 0 Å². The summed E-state index contributed by atoms with van der Waals surface area (Å²) >= 11 is 6.33. The van der Waals surface area contributed by atoms with E-state index in [1.165, 1.54) is 5.56 Å². The van der Waals surface area contributed by atoms with Gasteiger partial charge < -0.3 is 4.90 Å². The topological polar surface area (TPSA) is 50.1 Å². The van der Waals surface area contributed by atoms with Crippen molar-refractivity contribution < 1.29 is 8.78 Å². The van der Waals surface area contributed by atoms with Crippen LogP contribution in [0.5, 0.6) is 0 Å². The van der Waals surface area contributed by atoms with Gasteiger partial charge in [-0.3, -0.25) is 9.47 Å². The Kier molecular flexibility index (Phi) is 5.76. The lowest BCUT2D eigenvalue weighted by atomic mass is 9.95. The van der Waals surface area contributed by atoms with E-state index < -0.39 is 11.8 Å². The third-order valence-electron chi connectivity index (χ3n) is 7.55. The van der Waals surface area contributed by atoms with E-state index in [1.54, 1.807) is 4.90 Å². The van der Waals surface area contributed by atoms with E-state index in [0.717, 1.165) is 54.6 Å². The van der Waals surface area contributed by atoms with Crippen LogP contribution >= 0.6 is 11.6 Å².